The highest BCUT2D eigenvalue weighted by atomic mass is 14.7. The molecule has 36 heavy (non-hydrogen) atoms. The summed E-state index contributed by atoms with van der Waals surface area (Å²) in [6, 6.07) is 40.0. The van der Waals surface area contributed by atoms with Gasteiger partial charge < -0.3 is 0 Å². The van der Waals surface area contributed by atoms with Gasteiger partial charge in [-0.15, -0.1) is 0 Å². The zero-order chi connectivity index (χ0) is 24.2. The first-order chi connectivity index (χ1) is 17.8. The third-order valence-corrected chi connectivity index (χ3v) is 6.26. The van der Waals surface area contributed by atoms with Gasteiger partial charge in [0.05, 0.1) is 11.4 Å². The Kier molecular flexibility index (Phi) is 5.87. The second-order valence-corrected chi connectivity index (χ2v) is 8.63. The van der Waals surface area contributed by atoms with Crippen molar-refractivity contribution in [2.75, 3.05) is 0 Å². The smallest absolute Gasteiger partial charge is 0.0715 e. The molecule has 0 fully saturated rings. The van der Waals surface area contributed by atoms with E-state index < -0.39 is 0 Å². The maximum Gasteiger partial charge on any atom is 0.0715 e. The lowest BCUT2D eigenvalue weighted by Crippen LogP contribution is -1.92. The van der Waals surface area contributed by atoms with Crippen LogP contribution >= 0.6 is 0 Å². The summed E-state index contributed by atoms with van der Waals surface area (Å²) in [5.41, 5.74) is 10.9. The first kappa shape index (κ1) is 21.6. The molecule has 3 aromatic heterocycles. The lowest BCUT2D eigenvalue weighted by atomic mass is 9.93. The van der Waals surface area contributed by atoms with Gasteiger partial charge in [-0.25, -0.2) is 4.98 Å². The largest absolute Gasteiger partial charge is 0.265 e. The van der Waals surface area contributed by atoms with Gasteiger partial charge >= 0.3 is 0 Å². The second-order valence-electron chi connectivity index (χ2n) is 8.63. The minimum absolute atomic E-state index is 0.951. The topological polar surface area (TPSA) is 38.7 Å². The van der Waals surface area contributed by atoms with Gasteiger partial charge in [-0.2, -0.15) is 0 Å². The van der Waals surface area contributed by atoms with Crippen molar-refractivity contribution in [2.45, 2.75) is 0 Å². The minimum Gasteiger partial charge on any atom is -0.265 e. The van der Waals surface area contributed by atoms with Crippen LogP contribution in [0.25, 0.3) is 55.9 Å². The number of hydrogen-bond acceptors (Lipinski definition) is 3. The summed E-state index contributed by atoms with van der Waals surface area (Å²) in [5.74, 6) is 0. The van der Waals surface area contributed by atoms with E-state index in [1.54, 1.807) is 0 Å². The molecule has 0 saturated heterocycles. The van der Waals surface area contributed by atoms with Gasteiger partial charge in [0.1, 0.15) is 0 Å². The van der Waals surface area contributed by atoms with Gasteiger partial charge in [0.25, 0.3) is 0 Å². The van der Waals surface area contributed by atoms with Crippen LogP contribution in [0.5, 0.6) is 0 Å². The Balaban J connectivity index is 1.58. The van der Waals surface area contributed by atoms with Crippen LogP contribution in [0.4, 0.5) is 0 Å². The third-order valence-electron chi connectivity index (χ3n) is 6.26. The van der Waals surface area contributed by atoms with Crippen molar-refractivity contribution in [3.8, 4) is 55.9 Å². The van der Waals surface area contributed by atoms with Crippen LogP contribution in [-0.2, 0) is 0 Å². The molecule has 3 aromatic carbocycles. The fourth-order valence-corrected chi connectivity index (χ4v) is 4.43. The first-order valence-electron chi connectivity index (χ1n) is 11.9. The van der Waals surface area contributed by atoms with E-state index in [1.165, 1.54) is 0 Å². The van der Waals surface area contributed by atoms with Crippen LogP contribution in [0.3, 0.4) is 0 Å². The van der Waals surface area contributed by atoms with E-state index in [0.717, 1.165) is 55.9 Å². The molecule has 3 heteroatoms. The molecule has 0 radical (unpaired) electrons. The van der Waals surface area contributed by atoms with Crippen molar-refractivity contribution in [3.05, 3.63) is 140 Å². The van der Waals surface area contributed by atoms with E-state index in [0.29, 0.717) is 0 Å². The molecule has 6 rings (SSSR count). The molecule has 0 spiro atoms. The average molecular weight is 462 g/mol. The fourth-order valence-electron chi connectivity index (χ4n) is 4.43. The van der Waals surface area contributed by atoms with Crippen LogP contribution < -0.4 is 0 Å². The standard InChI is InChI=1S/C33H23N3/c1-3-7-26(8-4-1)32-22-31(23-33(36-32)27-9-5-2-6-10-27)30-20-28(24-11-15-34-16-12-24)19-29(21-30)25-13-17-35-18-14-25/h1-23H. The lowest BCUT2D eigenvalue weighted by molar-refractivity contribution is 1.32. The van der Waals surface area contributed by atoms with Crippen LogP contribution in [0.1, 0.15) is 0 Å². The Morgan fingerprint density at radius 2 is 0.667 bits per heavy atom. The minimum atomic E-state index is 0.951. The zero-order valence-corrected chi connectivity index (χ0v) is 19.6. The van der Waals surface area contributed by atoms with Crippen molar-refractivity contribution < 1.29 is 0 Å². The van der Waals surface area contributed by atoms with E-state index in [2.05, 4.69) is 88.8 Å². The monoisotopic (exact) mass is 461 g/mol. The maximum absolute atomic E-state index is 5.04. The number of benzene rings is 3. The second kappa shape index (κ2) is 9.77. The molecule has 3 heterocycles. The van der Waals surface area contributed by atoms with Crippen LogP contribution in [-0.4, -0.2) is 15.0 Å². The average Bonchev–Trinajstić information content (AvgIpc) is 2.98. The summed E-state index contributed by atoms with van der Waals surface area (Å²) in [6.07, 6.45) is 7.34. The summed E-state index contributed by atoms with van der Waals surface area (Å²) in [4.78, 5) is 13.5. The van der Waals surface area contributed by atoms with Crippen LogP contribution in [0.15, 0.2) is 140 Å². The van der Waals surface area contributed by atoms with Gasteiger partial charge in [-0.05, 0) is 88.0 Å². The molecule has 3 nitrogen and oxygen atoms in total. The van der Waals surface area contributed by atoms with Crippen molar-refractivity contribution in [1.82, 2.24) is 15.0 Å². The Bertz CT molecular complexity index is 1360. The predicted molar refractivity (Wildman–Crippen MR) is 147 cm³/mol. The molecule has 0 aliphatic carbocycles. The fraction of sp³-hybridized carbons (Fsp3) is 0. The van der Waals surface area contributed by atoms with E-state index in [9.17, 15) is 0 Å². The van der Waals surface area contributed by atoms with E-state index in [-0.39, 0.29) is 0 Å². The third kappa shape index (κ3) is 4.55. The molecule has 0 N–H and O–H groups in total. The Hall–Kier alpha value is -4.89. The summed E-state index contributed by atoms with van der Waals surface area (Å²) in [7, 11) is 0. The number of aromatic nitrogens is 3. The van der Waals surface area contributed by atoms with E-state index in [4.69, 9.17) is 4.98 Å². The molecular formula is C33H23N3. The van der Waals surface area contributed by atoms with Crippen molar-refractivity contribution >= 4 is 0 Å². The van der Waals surface area contributed by atoms with Crippen molar-refractivity contribution in [3.63, 3.8) is 0 Å². The van der Waals surface area contributed by atoms with Gasteiger partial charge in [0, 0.05) is 35.9 Å². The zero-order valence-electron chi connectivity index (χ0n) is 19.6. The summed E-state index contributed by atoms with van der Waals surface area (Å²) >= 11 is 0. The van der Waals surface area contributed by atoms with Crippen LogP contribution in [0, 0.1) is 0 Å². The van der Waals surface area contributed by atoms with Gasteiger partial charge in [-0.1, -0.05) is 60.7 Å². The molecule has 170 valence electrons. The SMILES string of the molecule is c1ccc(-c2cc(-c3cc(-c4ccncc4)cc(-c4ccncc4)c3)cc(-c3ccccc3)n2)cc1. The number of nitrogens with zero attached hydrogens (tertiary/aromatic N) is 3. The predicted octanol–water partition coefficient (Wildman–Crippen LogP) is 8.21. The van der Waals surface area contributed by atoms with Gasteiger partial charge in [0.2, 0.25) is 0 Å². The van der Waals surface area contributed by atoms with Crippen molar-refractivity contribution in [2.24, 2.45) is 0 Å². The highest BCUT2D eigenvalue weighted by Crippen LogP contribution is 2.35. The highest BCUT2D eigenvalue weighted by Gasteiger charge is 2.12. The molecular weight excluding hydrogens is 438 g/mol. The Morgan fingerprint density at radius 1 is 0.306 bits per heavy atom. The maximum atomic E-state index is 5.04. The lowest BCUT2D eigenvalue weighted by Gasteiger charge is -2.14. The van der Waals surface area contributed by atoms with Crippen molar-refractivity contribution in [1.29, 1.82) is 0 Å². The summed E-state index contributed by atoms with van der Waals surface area (Å²) in [5, 5.41) is 0. The van der Waals surface area contributed by atoms with E-state index in [1.807, 2.05) is 61.2 Å². The number of hydrogen-bond donors (Lipinski definition) is 0. The molecule has 0 aliphatic heterocycles. The summed E-state index contributed by atoms with van der Waals surface area (Å²) < 4.78 is 0. The van der Waals surface area contributed by atoms with Gasteiger partial charge in [-0.3, -0.25) is 9.97 Å². The Labute approximate surface area is 210 Å². The Morgan fingerprint density at radius 3 is 1.08 bits per heavy atom. The number of pyridine rings is 3. The van der Waals surface area contributed by atoms with Gasteiger partial charge in [0.15, 0.2) is 0 Å². The molecule has 0 atom stereocenters. The molecule has 6 aromatic rings. The molecule has 0 bridgehead atoms. The number of rotatable bonds is 5. The quantitative estimate of drug-likeness (QED) is 0.260. The molecule has 0 saturated carbocycles. The molecule has 0 unspecified atom stereocenters. The highest BCUT2D eigenvalue weighted by molar-refractivity contribution is 5.84. The van der Waals surface area contributed by atoms with E-state index >= 15 is 0 Å². The van der Waals surface area contributed by atoms with Crippen LogP contribution in [0.2, 0.25) is 0 Å². The molecule has 0 aliphatic rings. The molecule has 0 amide bonds. The summed E-state index contributed by atoms with van der Waals surface area (Å²) in [6.45, 7) is 0. The normalized spacial score (nSPS) is 10.8. The first-order valence-corrected chi connectivity index (χ1v) is 11.9.